The topological polar surface area (TPSA) is 75.6 Å². The van der Waals surface area contributed by atoms with Crippen LogP contribution >= 0.6 is 15.9 Å². The number of ketones is 2. The number of halogens is 1. The van der Waals surface area contributed by atoms with Gasteiger partial charge in [-0.05, 0) is 37.8 Å². The van der Waals surface area contributed by atoms with Gasteiger partial charge in [0.2, 0.25) is 0 Å². The highest BCUT2D eigenvalue weighted by molar-refractivity contribution is 9.10. The van der Waals surface area contributed by atoms with Gasteiger partial charge in [0.25, 0.3) is 0 Å². The molecule has 0 atom stereocenters. The van der Waals surface area contributed by atoms with Crippen LogP contribution in [0.1, 0.15) is 50.0 Å². The van der Waals surface area contributed by atoms with E-state index in [-0.39, 0.29) is 17.3 Å². The molecule has 26 heavy (non-hydrogen) atoms. The summed E-state index contributed by atoms with van der Waals surface area (Å²) in [6.07, 6.45) is 4.13. The van der Waals surface area contributed by atoms with Crippen molar-refractivity contribution in [1.29, 1.82) is 0 Å². The number of methoxy groups -OCH3 is 1. The number of dihydropyridines is 1. The number of benzene rings is 1. The summed E-state index contributed by atoms with van der Waals surface area (Å²) in [6.45, 7) is 0. The highest BCUT2D eigenvalue weighted by Crippen LogP contribution is 2.49. The molecule has 0 bridgehead atoms. The van der Waals surface area contributed by atoms with Crippen LogP contribution in [0.4, 0.5) is 0 Å². The Bertz CT molecular complexity index is 842. The molecule has 136 valence electrons. The molecule has 1 aliphatic heterocycles. The van der Waals surface area contributed by atoms with Crippen LogP contribution in [0.2, 0.25) is 0 Å². The average molecular weight is 418 g/mol. The average Bonchev–Trinajstić information content (AvgIpc) is 2.62. The number of phenols is 1. The molecule has 0 saturated heterocycles. The van der Waals surface area contributed by atoms with Crippen molar-refractivity contribution in [3.8, 4) is 11.5 Å². The zero-order valence-corrected chi connectivity index (χ0v) is 16.1. The summed E-state index contributed by atoms with van der Waals surface area (Å²) < 4.78 is 6.02. The van der Waals surface area contributed by atoms with Gasteiger partial charge in [-0.3, -0.25) is 9.59 Å². The molecule has 0 saturated carbocycles. The van der Waals surface area contributed by atoms with Crippen LogP contribution in [0.5, 0.6) is 11.5 Å². The van der Waals surface area contributed by atoms with Crippen molar-refractivity contribution in [2.24, 2.45) is 0 Å². The van der Waals surface area contributed by atoms with Crippen molar-refractivity contribution < 1.29 is 19.4 Å². The molecule has 5 nitrogen and oxygen atoms in total. The lowest BCUT2D eigenvalue weighted by molar-refractivity contribution is -0.116. The fraction of sp³-hybridized carbons (Fsp3) is 0.400. The van der Waals surface area contributed by atoms with E-state index < -0.39 is 5.92 Å². The van der Waals surface area contributed by atoms with Crippen LogP contribution in [-0.4, -0.2) is 23.8 Å². The Morgan fingerprint density at radius 2 is 1.62 bits per heavy atom. The number of Topliss-reactive ketones (excluding diaryl/α,β-unsaturated/α-hetero) is 2. The Labute approximate surface area is 160 Å². The number of allylic oxidation sites excluding steroid dienone is 4. The first-order valence-corrected chi connectivity index (χ1v) is 9.66. The lowest BCUT2D eigenvalue weighted by Crippen LogP contribution is -2.36. The highest BCUT2D eigenvalue weighted by atomic mass is 79.9. The van der Waals surface area contributed by atoms with E-state index in [0.29, 0.717) is 35.3 Å². The summed E-state index contributed by atoms with van der Waals surface area (Å²) >= 11 is 3.45. The molecular formula is C20H20BrNO4. The number of carbonyl (C=O) groups is 2. The number of ether oxygens (including phenoxy) is 1. The van der Waals surface area contributed by atoms with Crippen molar-refractivity contribution in [3.05, 3.63) is 44.7 Å². The van der Waals surface area contributed by atoms with Gasteiger partial charge in [0.1, 0.15) is 0 Å². The molecule has 3 aliphatic rings. The molecule has 0 spiro atoms. The van der Waals surface area contributed by atoms with Gasteiger partial charge >= 0.3 is 0 Å². The summed E-state index contributed by atoms with van der Waals surface area (Å²) in [6, 6.07) is 3.46. The Hall–Kier alpha value is -2.08. The molecule has 1 aromatic carbocycles. The van der Waals surface area contributed by atoms with E-state index in [9.17, 15) is 14.7 Å². The molecule has 0 amide bonds. The van der Waals surface area contributed by atoms with Crippen molar-refractivity contribution in [1.82, 2.24) is 5.32 Å². The van der Waals surface area contributed by atoms with E-state index in [1.807, 2.05) is 0 Å². The molecule has 2 N–H and O–H groups in total. The van der Waals surface area contributed by atoms with E-state index in [4.69, 9.17) is 4.74 Å². The van der Waals surface area contributed by atoms with E-state index in [1.54, 1.807) is 12.1 Å². The highest BCUT2D eigenvalue weighted by Gasteiger charge is 2.41. The zero-order valence-electron chi connectivity index (χ0n) is 14.5. The summed E-state index contributed by atoms with van der Waals surface area (Å²) in [7, 11) is 1.49. The summed E-state index contributed by atoms with van der Waals surface area (Å²) in [5, 5.41) is 14.2. The maximum atomic E-state index is 12.8. The van der Waals surface area contributed by atoms with Gasteiger partial charge in [-0.15, -0.1) is 0 Å². The normalized spacial score (nSPS) is 20.7. The second-order valence-corrected chi connectivity index (χ2v) is 7.86. The number of nitrogens with one attached hydrogen (secondary N) is 1. The van der Waals surface area contributed by atoms with E-state index >= 15 is 0 Å². The minimum atomic E-state index is -0.534. The van der Waals surface area contributed by atoms with Gasteiger partial charge in [-0.25, -0.2) is 0 Å². The SMILES string of the molecule is COc1cc(Br)cc(C2C3=C(CCCC3=O)NC3=C2C(=O)CCC3)c1O. The first-order valence-electron chi connectivity index (χ1n) is 8.87. The van der Waals surface area contributed by atoms with Gasteiger partial charge < -0.3 is 15.2 Å². The molecule has 0 aromatic heterocycles. The van der Waals surface area contributed by atoms with Crippen molar-refractivity contribution in [3.63, 3.8) is 0 Å². The standard InChI is InChI=1S/C20H20BrNO4/c1-26-16-9-10(21)8-11(20(16)25)17-18-12(4-2-6-14(18)23)22-13-5-3-7-15(24)19(13)17/h8-9,17,22,25H,2-7H2,1H3. The smallest absolute Gasteiger partial charge is 0.161 e. The van der Waals surface area contributed by atoms with Crippen LogP contribution < -0.4 is 10.1 Å². The maximum Gasteiger partial charge on any atom is 0.161 e. The van der Waals surface area contributed by atoms with Crippen LogP contribution in [0, 0.1) is 0 Å². The monoisotopic (exact) mass is 417 g/mol. The van der Waals surface area contributed by atoms with Gasteiger partial charge in [0.15, 0.2) is 23.1 Å². The molecule has 1 aromatic rings. The molecule has 4 rings (SSSR count). The Morgan fingerprint density at radius 1 is 1.04 bits per heavy atom. The first-order chi connectivity index (χ1) is 12.5. The number of phenolic OH excluding ortho intramolecular Hbond substituents is 1. The number of hydrogen-bond acceptors (Lipinski definition) is 5. The van der Waals surface area contributed by atoms with Gasteiger partial charge in [0, 0.05) is 51.3 Å². The zero-order chi connectivity index (χ0) is 18.4. The van der Waals surface area contributed by atoms with Crippen LogP contribution in [0.25, 0.3) is 0 Å². The van der Waals surface area contributed by atoms with Crippen LogP contribution in [0.3, 0.4) is 0 Å². The maximum absolute atomic E-state index is 12.8. The van der Waals surface area contributed by atoms with E-state index in [1.165, 1.54) is 7.11 Å². The van der Waals surface area contributed by atoms with Crippen molar-refractivity contribution in [2.75, 3.05) is 7.11 Å². The van der Waals surface area contributed by atoms with E-state index in [2.05, 4.69) is 21.2 Å². The fourth-order valence-electron chi connectivity index (χ4n) is 4.26. The Kier molecular flexibility index (Phi) is 4.39. The first kappa shape index (κ1) is 17.3. The van der Waals surface area contributed by atoms with E-state index in [0.717, 1.165) is 41.6 Å². The van der Waals surface area contributed by atoms with Crippen LogP contribution in [-0.2, 0) is 9.59 Å². The third-order valence-electron chi connectivity index (χ3n) is 5.39. The van der Waals surface area contributed by atoms with Crippen LogP contribution in [0.15, 0.2) is 39.1 Å². The predicted octanol–water partition coefficient (Wildman–Crippen LogP) is 3.86. The second-order valence-electron chi connectivity index (χ2n) is 6.94. The molecule has 0 radical (unpaired) electrons. The minimum absolute atomic E-state index is 0.0157. The number of carbonyl (C=O) groups excluding carboxylic acids is 2. The largest absolute Gasteiger partial charge is 0.504 e. The lowest BCUT2D eigenvalue weighted by Gasteiger charge is -2.37. The lowest BCUT2D eigenvalue weighted by atomic mass is 9.71. The van der Waals surface area contributed by atoms with Crippen molar-refractivity contribution >= 4 is 27.5 Å². The molecule has 2 aliphatic carbocycles. The number of hydrogen-bond donors (Lipinski definition) is 2. The molecule has 0 fully saturated rings. The van der Waals surface area contributed by atoms with Gasteiger partial charge in [-0.1, -0.05) is 15.9 Å². The van der Waals surface area contributed by atoms with Crippen molar-refractivity contribution in [2.45, 2.75) is 44.4 Å². The quantitative estimate of drug-likeness (QED) is 0.763. The second kappa shape index (κ2) is 6.58. The van der Waals surface area contributed by atoms with Gasteiger partial charge in [0.05, 0.1) is 7.11 Å². The summed E-state index contributed by atoms with van der Waals surface area (Å²) in [5.41, 5.74) is 3.60. The third kappa shape index (κ3) is 2.67. The molecule has 6 heteroatoms. The Morgan fingerprint density at radius 3 is 2.15 bits per heavy atom. The molecular weight excluding hydrogens is 398 g/mol. The summed E-state index contributed by atoms with van der Waals surface area (Å²) in [4.78, 5) is 25.6. The molecule has 0 unspecified atom stereocenters. The number of rotatable bonds is 2. The summed E-state index contributed by atoms with van der Waals surface area (Å²) in [5.74, 6) is -0.131. The Balaban J connectivity index is 1.98. The fourth-order valence-corrected chi connectivity index (χ4v) is 4.72. The predicted molar refractivity (Wildman–Crippen MR) is 100 cm³/mol. The van der Waals surface area contributed by atoms with Gasteiger partial charge in [-0.2, -0.15) is 0 Å². The minimum Gasteiger partial charge on any atom is -0.504 e. The number of aromatic hydroxyl groups is 1. The molecule has 1 heterocycles. The third-order valence-corrected chi connectivity index (χ3v) is 5.85.